The average molecular weight is 253 g/mol. The molecule has 5 heteroatoms. The molecule has 3 fully saturated rings. The summed E-state index contributed by atoms with van der Waals surface area (Å²) in [5.41, 5.74) is -0.380. The van der Waals surface area contributed by atoms with E-state index in [2.05, 4.69) is 4.85 Å². The molecule has 1 spiro atoms. The maximum atomic E-state index is 9.65. The van der Waals surface area contributed by atoms with E-state index < -0.39 is 6.29 Å². The van der Waals surface area contributed by atoms with Crippen LogP contribution in [0.1, 0.15) is 32.6 Å². The molecular weight excluding hydrogens is 234 g/mol. The van der Waals surface area contributed by atoms with Crippen LogP contribution >= 0.6 is 0 Å². The summed E-state index contributed by atoms with van der Waals surface area (Å²) in [6.45, 7) is 9.35. The molecule has 1 N–H and O–H groups in total. The molecular formula is C13H19NO4. The molecule has 0 saturated carbocycles. The summed E-state index contributed by atoms with van der Waals surface area (Å²) in [4.78, 5) is 3.53. The molecule has 0 aromatic rings. The summed E-state index contributed by atoms with van der Waals surface area (Å²) in [7, 11) is 0. The average Bonchev–Trinajstić information content (AvgIpc) is 2.68. The van der Waals surface area contributed by atoms with E-state index in [0.29, 0.717) is 13.0 Å². The van der Waals surface area contributed by atoms with Crippen molar-refractivity contribution in [3.63, 3.8) is 0 Å². The van der Waals surface area contributed by atoms with Gasteiger partial charge >= 0.3 is 0 Å². The minimum absolute atomic E-state index is 0.00355. The van der Waals surface area contributed by atoms with Gasteiger partial charge in [-0.15, -0.1) is 0 Å². The van der Waals surface area contributed by atoms with E-state index in [1.54, 1.807) is 0 Å². The Labute approximate surface area is 107 Å². The van der Waals surface area contributed by atoms with Crippen molar-refractivity contribution < 1.29 is 19.3 Å². The van der Waals surface area contributed by atoms with Crippen LogP contribution in [0.4, 0.5) is 0 Å². The molecule has 0 radical (unpaired) electrons. The van der Waals surface area contributed by atoms with Gasteiger partial charge in [0, 0.05) is 19.8 Å². The van der Waals surface area contributed by atoms with Gasteiger partial charge in [0.2, 0.25) is 6.04 Å². The summed E-state index contributed by atoms with van der Waals surface area (Å²) in [5.74, 6) is 0. The van der Waals surface area contributed by atoms with E-state index in [0.717, 1.165) is 19.3 Å². The number of aliphatic hydroxyl groups is 1. The smallest absolute Gasteiger partial charge is 0.223 e. The predicted molar refractivity (Wildman–Crippen MR) is 62.8 cm³/mol. The third-order valence-corrected chi connectivity index (χ3v) is 4.27. The van der Waals surface area contributed by atoms with Crippen LogP contribution in [0.5, 0.6) is 0 Å². The highest BCUT2D eigenvalue weighted by Crippen LogP contribution is 2.46. The van der Waals surface area contributed by atoms with Gasteiger partial charge in [0.1, 0.15) is 11.7 Å². The zero-order valence-corrected chi connectivity index (χ0v) is 10.5. The van der Waals surface area contributed by atoms with Crippen LogP contribution in [0.15, 0.2) is 0 Å². The van der Waals surface area contributed by atoms with Crippen LogP contribution in [0.25, 0.3) is 4.85 Å². The molecule has 3 aliphatic heterocycles. The molecule has 0 aliphatic carbocycles. The van der Waals surface area contributed by atoms with Crippen molar-refractivity contribution in [3.8, 4) is 0 Å². The molecule has 0 amide bonds. The van der Waals surface area contributed by atoms with E-state index >= 15 is 0 Å². The second kappa shape index (κ2) is 4.46. The monoisotopic (exact) mass is 253 g/mol. The molecule has 3 heterocycles. The minimum Gasteiger partial charge on any atom is -0.366 e. The summed E-state index contributed by atoms with van der Waals surface area (Å²) in [5, 5.41) is 9.65. The van der Waals surface area contributed by atoms with Crippen LogP contribution in [-0.2, 0) is 14.2 Å². The highest BCUT2D eigenvalue weighted by molar-refractivity contribution is 5.04. The van der Waals surface area contributed by atoms with Gasteiger partial charge in [-0.05, 0) is 12.8 Å². The van der Waals surface area contributed by atoms with Crippen molar-refractivity contribution in [2.45, 2.75) is 68.9 Å². The Bertz CT molecular complexity index is 368. The lowest BCUT2D eigenvalue weighted by atomic mass is 9.85. The Morgan fingerprint density at radius 1 is 1.50 bits per heavy atom. The Kier molecular flexibility index (Phi) is 3.07. The molecule has 0 unspecified atom stereocenters. The Balaban J connectivity index is 1.69. The molecule has 100 valence electrons. The first-order valence-corrected chi connectivity index (χ1v) is 6.62. The number of ether oxygens (including phenoxy) is 3. The third kappa shape index (κ3) is 1.94. The Morgan fingerprint density at radius 2 is 2.33 bits per heavy atom. The number of fused-ring (bicyclic) bond motifs is 1. The second-order valence-electron chi connectivity index (χ2n) is 5.66. The molecule has 5 nitrogen and oxygen atoms in total. The van der Waals surface area contributed by atoms with Crippen LogP contribution in [0.3, 0.4) is 0 Å². The molecule has 18 heavy (non-hydrogen) atoms. The molecule has 3 saturated heterocycles. The predicted octanol–water partition coefficient (Wildman–Crippen LogP) is 1.11. The zero-order chi connectivity index (χ0) is 12.8. The lowest BCUT2D eigenvalue weighted by molar-refractivity contribution is -0.223. The Morgan fingerprint density at radius 3 is 3.11 bits per heavy atom. The van der Waals surface area contributed by atoms with Crippen LogP contribution in [0, 0.1) is 6.57 Å². The van der Waals surface area contributed by atoms with E-state index in [-0.39, 0.29) is 30.0 Å². The van der Waals surface area contributed by atoms with Crippen molar-refractivity contribution in [1.82, 2.24) is 0 Å². The molecule has 3 rings (SSSR count). The molecule has 2 bridgehead atoms. The lowest BCUT2D eigenvalue weighted by Crippen LogP contribution is -2.54. The second-order valence-corrected chi connectivity index (χ2v) is 5.66. The molecule has 0 aromatic carbocycles. The fourth-order valence-electron chi connectivity index (χ4n) is 3.33. The van der Waals surface area contributed by atoms with Gasteiger partial charge < -0.3 is 24.2 Å². The van der Waals surface area contributed by atoms with E-state index in [1.807, 2.05) is 6.92 Å². The summed E-state index contributed by atoms with van der Waals surface area (Å²) in [6, 6.07) is -0.00355. The van der Waals surface area contributed by atoms with E-state index in [1.165, 1.54) is 0 Å². The molecule has 0 aromatic heterocycles. The summed E-state index contributed by atoms with van der Waals surface area (Å²) >= 11 is 0. The number of aliphatic hydroxyl groups excluding tert-OH is 1. The van der Waals surface area contributed by atoms with Gasteiger partial charge in [-0.2, -0.15) is 0 Å². The number of hydrogen-bond donors (Lipinski definition) is 1. The number of nitrogens with zero attached hydrogens (tertiary/aromatic N) is 1. The van der Waals surface area contributed by atoms with Crippen LogP contribution in [-0.4, -0.2) is 48.0 Å². The maximum absolute atomic E-state index is 9.65. The van der Waals surface area contributed by atoms with Crippen molar-refractivity contribution in [2.24, 2.45) is 0 Å². The van der Waals surface area contributed by atoms with Gasteiger partial charge in [-0.25, -0.2) is 6.57 Å². The number of hydrogen-bond acceptors (Lipinski definition) is 4. The van der Waals surface area contributed by atoms with Crippen molar-refractivity contribution in [2.75, 3.05) is 6.61 Å². The van der Waals surface area contributed by atoms with E-state index in [9.17, 15) is 5.11 Å². The zero-order valence-electron chi connectivity index (χ0n) is 10.5. The lowest BCUT2D eigenvalue weighted by Gasteiger charge is -2.42. The van der Waals surface area contributed by atoms with Gasteiger partial charge in [0.05, 0.1) is 18.8 Å². The summed E-state index contributed by atoms with van der Waals surface area (Å²) < 4.78 is 17.3. The molecule has 3 aliphatic rings. The van der Waals surface area contributed by atoms with Crippen LogP contribution < -0.4 is 0 Å². The first-order valence-electron chi connectivity index (χ1n) is 6.62. The van der Waals surface area contributed by atoms with E-state index in [4.69, 9.17) is 20.8 Å². The molecule has 6 atom stereocenters. The highest BCUT2D eigenvalue weighted by atomic mass is 16.7. The van der Waals surface area contributed by atoms with Gasteiger partial charge in [0.15, 0.2) is 6.29 Å². The van der Waals surface area contributed by atoms with Crippen molar-refractivity contribution in [3.05, 3.63) is 11.4 Å². The fraction of sp³-hybridized carbons (Fsp3) is 0.923. The van der Waals surface area contributed by atoms with Gasteiger partial charge in [-0.1, -0.05) is 0 Å². The van der Waals surface area contributed by atoms with Gasteiger partial charge in [-0.3, -0.25) is 0 Å². The third-order valence-electron chi connectivity index (χ3n) is 4.27. The first-order chi connectivity index (χ1) is 8.63. The normalized spacial score (nSPS) is 48.3. The van der Waals surface area contributed by atoms with Crippen molar-refractivity contribution >= 4 is 0 Å². The van der Waals surface area contributed by atoms with Crippen molar-refractivity contribution in [1.29, 1.82) is 0 Å². The summed E-state index contributed by atoms with van der Waals surface area (Å²) in [6.07, 6.45) is 2.43. The Hall–Kier alpha value is -0.670. The van der Waals surface area contributed by atoms with Gasteiger partial charge in [0.25, 0.3) is 0 Å². The standard InChI is InChI=1S/C13H19NO4/c1-8(14-2)5-9-3-4-11-13(18-9)6-10(17-11)12(15)16-7-13/h8-12,15H,3-7H2,1H3/t8-,9-,10-,11+,12-,13-/m1/s1. The SMILES string of the molecule is [C-]#[N+][C@H](C)C[C@H]1CC[C@@H]2O[C@@H]3C[C@]2(CO[C@H]3O)O1. The fourth-order valence-corrected chi connectivity index (χ4v) is 3.33. The topological polar surface area (TPSA) is 52.3 Å². The number of rotatable bonds is 2. The quantitative estimate of drug-likeness (QED) is 0.749. The minimum atomic E-state index is -0.814. The maximum Gasteiger partial charge on any atom is 0.223 e. The van der Waals surface area contributed by atoms with Crippen LogP contribution in [0.2, 0.25) is 0 Å². The largest absolute Gasteiger partial charge is 0.366 e. The highest BCUT2D eigenvalue weighted by Gasteiger charge is 2.58. The first kappa shape index (κ1) is 12.4.